The highest BCUT2D eigenvalue weighted by atomic mass is 16.5. The van der Waals surface area contributed by atoms with Gasteiger partial charge in [0.15, 0.2) is 0 Å². The third-order valence-corrected chi connectivity index (χ3v) is 7.39. The molecule has 0 radical (unpaired) electrons. The second kappa shape index (κ2) is 9.24. The number of nitrogens with zero attached hydrogens (tertiary/aromatic N) is 4. The van der Waals surface area contributed by atoms with Crippen LogP contribution in [0.3, 0.4) is 0 Å². The second-order valence-corrected chi connectivity index (χ2v) is 9.51. The summed E-state index contributed by atoms with van der Waals surface area (Å²) in [6.07, 6.45) is 6.56. The van der Waals surface area contributed by atoms with Gasteiger partial charge in [0.2, 0.25) is 11.8 Å². The van der Waals surface area contributed by atoms with Crippen molar-refractivity contribution in [3.63, 3.8) is 0 Å². The van der Waals surface area contributed by atoms with Crippen molar-refractivity contribution < 1.29 is 19.1 Å². The Labute approximate surface area is 213 Å². The smallest absolute Gasteiger partial charge is 0.337 e. The van der Waals surface area contributed by atoms with E-state index in [2.05, 4.69) is 16.0 Å². The highest BCUT2D eigenvalue weighted by Gasteiger charge is 2.48. The van der Waals surface area contributed by atoms with E-state index in [9.17, 15) is 14.4 Å². The first-order chi connectivity index (χ1) is 18.0. The molecule has 0 aliphatic carbocycles. The van der Waals surface area contributed by atoms with Gasteiger partial charge in [-0.1, -0.05) is 30.3 Å². The summed E-state index contributed by atoms with van der Waals surface area (Å²) in [5.74, 6) is -0.536. The summed E-state index contributed by atoms with van der Waals surface area (Å²) in [6.45, 7) is 1.28. The summed E-state index contributed by atoms with van der Waals surface area (Å²) in [5.41, 5.74) is 4.21. The van der Waals surface area contributed by atoms with Crippen molar-refractivity contribution in [3.8, 4) is 0 Å². The zero-order valence-electron chi connectivity index (χ0n) is 20.5. The molecule has 0 spiro atoms. The maximum Gasteiger partial charge on any atom is 0.337 e. The zero-order valence-corrected chi connectivity index (χ0v) is 20.5. The second-order valence-electron chi connectivity index (χ2n) is 9.51. The van der Waals surface area contributed by atoms with Crippen molar-refractivity contribution in [1.29, 1.82) is 0 Å². The number of esters is 1. The topological polar surface area (TPSA) is 101 Å². The molecule has 188 valence electrons. The number of piperazine rings is 1. The van der Waals surface area contributed by atoms with E-state index in [1.165, 1.54) is 7.11 Å². The van der Waals surface area contributed by atoms with Crippen molar-refractivity contribution in [2.45, 2.75) is 31.5 Å². The van der Waals surface area contributed by atoms with Gasteiger partial charge >= 0.3 is 5.97 Å². The van der Waals surface area contributed by atoms with E-state index in [0.29, 0.717) is 18.5 Å². The van der Waals surface area contributed by atoms with E-state index in [0.717, 1.165) is 40.7 Å². The van der Waals surface area contributed by atoms with Crippen LogP contribution >= 0.6 is 0 Å². The van der Waals surface area contributed by atoms with E-state index in [1.807, 2.05) is 41.1 Å². The number of hydrogen-bond donors (Lipinski definition) is 1. The molecular formula is C28H27N5O4. The number of H-pyrrole nitrogens is 1. The molecule has 4 aromatic rings. The van der Waals surface area contributed by atoms with E-state index in [-0.39, 0.29) is 18.4 Å². The van der Waals surface area contributed by atoms with Crippen LogP contribution in [-0.4, -0.2) is 68.4 Å². The number of fused-ring (bicyclic) bond motifs is 4. The van der Waals surface area contributed by atoms with Crippen LogP contribution in [0.25, 0.3) is 10.9 Å². The van der Waals surface area contributed by atoms with Gasteiger partial charge in [-0.15, -0.1) is 0 Å². The number of aromatic amines is 1. The Morgan fingerprint density at radius 1 is 1.11 bits per heavy atom. The van der Waals surface area contributed by atoms with Gasteiger partial charge in [-0.3, -0.25) is 9.59 Å². The molecule has 1 saturated heterocycles. The minimum Gasteiger partial charge on any atom is -0.465 e. The fraction of sp³-hybridized carbons (Fsp3) is 0.286. The van der Waals surface area contributed by atoms with Gasteiger partial charge in [0, 0.05) is 48.5 Å². The van der Waals surface area contributed by atoms with Crippen LogP contribution in [0.4, 0.5) is 0 Å². The molecule has 2 unspecified atom stereocenters. The number of aryl methyl sites for hydroxylation is 1. The van der Waals surface area contributed by atoms with Gasteiger partial charge in [-0.2, -0.15) is 0 Å². The monoisotopic (exact) mass is 497 g/mol. The third-order valence-electron chi connectivity index (χ3n) is 7.39. The number of hydrogen-bond acceptors (Lipinski definition) is 5. The molecule has 2 aliphatic rings. The molecule has 2 aromatic carbocycles. The van der Waals surface area contributed by atoms with Crippen LogP contribution in [-0.2, 0) is 27.3 Å². The number of benzene rings is 2. The number of carbonyl (C=O) groups is 3. The third kappa shape index (κ3) is 3.96. The number of nitrogens with one attached hydrogen (secondary N) is 1. The fourth-order valence-corrected chi connectivity index (χ4v) is 5.64. The molecule has 6 rings (SSSR count). The predicted molar refractivity (Wildman–Crippen MR) is 136 cm³/mol. The number of methoxy groups -OCH3 is 1. The number of amides is 2. The number of imidazole rings is 1. The van der Waals surface area contributed by atoms with Crippen LogP contribution < -0.4 is 0 Å². The Morgan fingerprint density at radius 3 is 2.68 bits per heavy atom. The normalized spacial score (nSPS) is 19.2. The molecular weight excluding hydrogens is 470 g/mol. The summed E-state index contributed by atoms with van der Waals surface area (Å²) in [7, 11) is 1.35. The lowest BCUT2D eigenvalue weighted by molar-refractivity contribution is -0.158. The Morgan fingerprint density at radius 2 is 1.92 bits per heavy atom. The van der Waals surface area contributed by atoms with Crippen LogP contribution in [0.5, 0.6) is 0 Å². The summed E-state index contributed by atoms with van der Waals surface area (Å²) in [4.78, 5) is 50.4. The first-order valence-electron chi connectivity index (χ1n) is 12.4. The first kappa shape index (κ1) is 23.0. The van der Waals surface area contributed by atoms with Gasteiger partial charge in [0.1, 0.15) is 6.04 Å². The van der Waals surface area contributed by atoms with E-state index < -0.39 is 18.1 Å². The van der Waals surface area contributed by atoms with E-state index >= 15 is 0 Å². The molecule has 0 bridgehead atoms. The van der Waals surface area contributed by atoms with Gasteiger partial charge in [0.05, 0.1) is 31.6 Å². The van der Waals surface area contributed by atoms with Crippen molar-refractivity contribution in [2.24, 2.45) is 0 Å². The molecule has 1 N–H and O–H groups in total. The standard InChI is InChI=1S/C28H27N5O4/c1-37-28(36)19-9-7-18(8-10-19)26-25-21(20-5-2-3-6-22(20)30-25)15-23-27(35)32(16-24(34)33(23)26)13-4-12-31-14-11-29-17-31/h2-3,5-11,14,17,23,26,30H,4,12-13,15-16H2,1H3. The van der Waals surface area contributed by atoms with Crippen LogP contribution in [0.1, 0.15) is 39.6 Å². The molecule has 37 heavy (non-hydrogen) atoms. The summed E-state index contributed by atoms with van der Waals surface area (Å²) in [6, 6.07) is 14.0. The number of ether oxygens (including phenoxy) is 1. The number of carbonyl (C=O) groups excluding carboxylic acids is 3. The molecule has 2 amide bonds. The lowest BCUT2D eigenvalue weighted by Crippen LogP contribution is -2.63. The van der Waals surface area contributed by atoms with Crippen LogP contribution in [0.2, 0.25) is 0 Å². The van der Waals surface area contributed by atoms with Gasteiger partial charge in [-0.05, 0) is 35.7 Å². The highest BCUT2D eigenvalue weighted by molar-refractivity contribution is 5.97. The summed E-state index contributed by atoms with van der Waals surface area (Å²) < 4.78 is 6.81. The lowest BCUT2D eigenvalue weighted by atomic mass is 9.86. The van der Waals surface area contributed by atoms with Gasteiger partial charge in [0.25, 0.3) is 0 Å². The van der Waals surface area contributed by atoms with Gasteiger partial charge < -0.3 is 24.1 Å². The Balaban J connectivity index is 1.36. The first-order valence-corrected chi connectivity index (χ1v) is 12.4. The molecule has 1 fully saturated rings. The molecule has 2 aromatic heterocycles. The Hall–Kier alpha value is -4.40. The van der Waals surface area contributed by atoms with Crippen molar-refractivity contribution in [3.05, 3.63) is 89.6 Å². The molecule has 9 nitrogen and oxygen atoms in total. The molecule has 0 saturated carbocycles. The minimum atomic E-state index is -0.591. The number of para-hydroxylation sites is 1. The Bertz CT molecular complexity index is 1470. The quantitative estimate of drug-likeness (QED) is 0.413. The summed E-state index contributed by atoms with van der Waals surface area (Å²) >= 11 is 0. The number of rotatable bonds is 6. The fourth-order valence-electron chi connectivity index (χ4n) is 5.64. The lowest BCUT2D eigenvalue weighted by Gasteiger charge is -2.47. The Kier molecular flexibility index (Phi) is 5.75. The van der Waals surface area contributed by atoms with Crippen molar-refractivity contribution >= 4 is 28.7 Å². The minimum absolute atomic E-state index is 0.0302. The van der Waals surface area contributed by atoms with Crippen LogP contribution in [0, 0.1) is 0 Å². The summed E-state index contributed by atoms with van der Waals surface area (Å²) in [5, 5.41) is 1.06. The van der Waals surface area contributed by atoms with E-state index in [4.69, 9.17) is 4.74 Å². The maximum absolute atomic E-state index is 13.8. The molecule has 4 heterocycles. The van der Waals surface area contributed by atoms with Gasteiger partial charge in [-0.25, -0.2) is 9.78 Å². The molecule has 2 aliphatic heterocycles. The van der Waals surface area contributed by atoms with Crippen molar-refractivity contribution in [2.75, 3.05) is 20.2 Å². The predicted octanol–water partition coefficient (Wildman–Crippen LogP) is 2.93. The average Bonchev–Trinajstić information content (AvgIpc) is 3.58. The average molecular weight is 498 g/mol. The van der Waals surface area contributed by atoms with Crippen molar-refractivity contribution in [1.82, 2.24) is 24.3 Å². The molecule has 9 heteroatoms. The SMILES string of the molecule is COC(=O)c1ccc(C2c3[nH]c4ccccc4c3CC3C(=O)N(CCCn4ccnc4)CC(=O)N32)cc1. The largest absolute Gasteiger partial charge is 0.465 e. The highest BCUT2D eigenvalue weighted by Crippen LogP contribution is 2.42. The van der Waals surface area contributed by atoms with Crippen LogP contribution in [0.15, 0.2) is 67.3 Å². The molecule has 2 atom stereocenters. The zero-order chi connectivity index (χ0) is 25.5. The maximum atomic E-state index is 13.8. The van der Waals surface area contributed by atoms with E-state index in [1.54, 1.807) is 34.5 Å². The number of aromatic nitrogens is 3.